The van der Waals surface area contributed by atoms with E-state index < -0.39 is 0 Å². The number of ether oxygens (including phenoxy) is 2. The lowest BCUT2D eigenvalue weighted by molar-refractivity contribution is -0.117. The third kappa shape index (κ3) is 2.03. The molecule has 58 valence electrons. The first-order valence-corrected chi connectivity index (χ1v) is 3.76. The van der Waals surface area contributed by atoms with Crippen LogP contribution < -0.4 is 0 Å². The Morgan fingerprint density at radius 1 is 1.70 bits per heavy atom. The van der Waals surface area contributed by atoms with Gasteiger partial charge in [0.05, 0.1) is 6.26 Å². The quantitative estimate of drug-likeness (QED) is 0.586. The molecule has 2 atom stereocenters. The van der Waals surface area contributed by atoms with Crippen LogP contribution in [0.2, 0.25) is 0 Å². The van der Waals surface area contributed by atoms with E-state index in [9.17, 15) is 0 Å². The fourth-order valence-corrected chi connectivity index (χ4v) is 0.998. The zero-order valence-electron chi connectivity index (χ0n) is 6.54. The molecule has 0 aliphatic carbocycles. The molecule has 0 amide bonds. The fraction of sp³-hybridized carbons (Fsp3) is 0.750. The van der Waals surface area contributed by atoms with Gasteiger partial charge in [0.25, 0.3) is 0 Å². The standard InChI is InChI=1S/C8H14O2/c1-3-9-8-6-7(2)4-5-10-8/h4-5,7-8H,3,6H2,1-2H3/t7-,8-/m0/s1. The summed E-state index contributed by atoms with van der Waals surface area (Å²) in [5.41, 5.74) is 0. The summed E-state index contributed by atoms with van der Waals surface area (Å²) in [6.07, 6.45) is 4.75. The molecule has 0 unspecified atom stereocenters. The molecule has 0 aromatic carbocycles. The van der Waals surface area contributed by atoms with E-state index in [-0.39, 0.29) is 6.29 Å². The summed E-state index contributed by atoms with van der Waals surface area (Å²) in [5.74, 6) is 0.588. The van der Waals surface area contributed by atoms with E-state index in [0.717, 1.165) is 13.0 Å². The summed E-state index contributed by atoms with van der Waals surface area (Å²) in [6, 6.07) is 0. The van der Waals surface area contributed by atoms with Gasteiger partial charge in [-0.2, -0.15) is 0 Å². The minimum absolute atomic E-state index is 0.00926. The Kier molecular flexibility index (Phi) is 2.75. The first-order chi connectivity index (χ1) is 4.83. The van der Waals surface area contributed by atoms with E-state index >= 15 is 0 Å². The average molecular weight is 142 g/mol. The second-order valence-corrected chi connectivity index (χ2v) is 2.56. The number of rotatable bonds is 2. The largest absolute Gasteiger partial charge is 0.473 e. The zero-order valence-corrected chi connectivity index (χ0v) is 6.54. The summed E-state index contributed by atoms with van der Waals surface area (Å²) in [4.78, 5) is 0. The molecule has 0 aromatic heterocycles. The smallest absolute Gasteiger partial charge is 0.199 e. The van der Waals surface area contributed by atoms with E-state index in [1.807, 2.05) is 6.92 Å². The van der Waals surface area contributed by atoms with Gasteiger partial charge in [0.1, 0.15) is 0 Å². The Morgan fingerprint density at radius 3 is 3.10 bits per heavy atom. The summed E-state index contributed by atoms with van der Waals surface area (Å²) in [5, 5.41) is 0. The Labute approximate surface area is 61.8 Å². The lowest BCUT2D eigenvalue weighted by Crippen LogP contribution is -2.20. The summed E-state index contributed by atoms with van der Waals surface area (Å²) in [6.45, 7) is 4.86. The zero-order chi connectivity index (χ0) is 7.40. The molecular weight excluding hydrogens is 128 g/mol. The highest BCUT2D eigenvalue weighted by molar-refractivity contribution is 4.85. The molecule has 1 rings (SSSR count). The third-order valence-corrected chi connectivity index (χ3v) is 1.55. The van der Waals surface area contributed by atoms with Gasteiger partial charge < -0.3 is 9.47 Å². The molecule has 1 heterocycles. The van der Waals surface area contributed by atoms with Gasteiger partial charge in [-0.15, -0.1) is 0 Å². The predicted molar refractivity (Wildman–Crippen MR) is 39.4 cm³/mol. The van der Waals surface area contributed by atoms with E-state index in [1.54, 1.807) is 6.26 Å². The molecule has 0 fully saturated rings. The molecule has 0 saturated heterocycles. The molecular formula is C8H14O2. The van der Waals surface area contributed by atoms with E-state index in [0.29, 0.717) is 5.92 Å². The second kappa shape index (κ2) is 3.62. The highest BCUT2D eigenvalue weighted by Crippen LogP contribution is 2.16. The second-order valence-electron chi connectivity index (χ2n) is 2.56. The van der Waals surface area contributed by atoms with Gasteiger partial charge in [0, 0.05) is 13.0 Å². The third-order valence-electron chi connectivity index (χ3n) is 1.55. The van der Waals surface area contributed by atoms with Gasteiger partial charge >= 0.3 is 0 Å². The van der Waals surface area contributed by atoms with Gasteiger partial charge in [0.15, 0.2) is 6.29 Å². The van der Waals surface area contributed by atoms with Gasteiger partial charge in [-0.3, -0.25) is 0 Å². The average Bonchev–Trinajstić information content (AvgIpc) is 1.88. The van der Waals surface area contributed by atoms with Crippen molar-refractivity contribution in [2.45, 2.75) is 26.6 Å². The van der Waals surface area contributed by atoms with Crippen LogP contribution in [-0.4, -0.2) is 12.9 Å². The summed E-state index contributed by atoms with van der Waals surface area (Å²) in [7, 11) is 0. The molecule has 0 N–H and O–H groups in total. The first-order valence-electron chi connectivity index (χ1n) is 3.76. The lowest BCUT2D eigenvalue weighted by atomic mass is 10.1. The molecule has 0 aromatic rings. The van der Waals surface area contributed by atoms with Gasteiger partial charge in [0.2, 0.25) is 0 Å². The van der Waals surface area contributed by atoms with Crippen molar-refractivity contribution in [3.05, 3.63) is 12.3 Å². The van der Waals surface area contributed by atoms with Gasteiger partial charge in [-0.25, -0.2) is 0 Å². The van der Waals surface area contributed by atoms with E-state index in [4.69, 9.17) is 9.47 Å². The maximum Gasteiger partial charge on any atom is 0.199 e. The van der Waals surface area contributed by atoms with Crippen LogP contribution in [0.4, 0.5) is 0 Å². The molecule has 0 bridgehead atoms. The normalized spacial score (nSPS) is 31.8. The van der Waals surface area contributed by atoms with Crippen LogP contribution in [0.1, 0.15) is 20.3 Å². The van der Waals surface area contributed by atoms with Crippen molar-refractivity contribution in [2.75, 3.05) is 6.61 Å². The van der Waals surface area contributed by atoms with Crippen molar-refractivity contribution < 1.29 is 9.47 Å². The Hall–Kier alpha value is -0.500. The highest BCUT2D eigenvalue weighted by atomic mass is 16.7. The molecule has 0 saturated carbocycles. The van der Waals surface area contributed by atoms with Crippen LogP contribution in [-0.2, 0) is 9.47 Å². The number of allylic oxidation sites excluding steroid dienone is 1. The molecule has 1 aliphatic rings. The maximum atomic E-state index is 5.28. The lowest BCUT2D eigenvalue weighted by Gasteiger charge is -2.22. The maximum absolute atomic E-state index is 5.28. The van der Waals surface area contributed by atoms with Crippen molar-refractivity contribution in [3.63, 3.8) is 0 Å². The molecule has 0 radical (unpaired) electrons. The first kappa shape index (κ1) is 7.61. The van der Waals surface area contributed by atoms with Crippen LogP contribution in [0.15, 0.2) is 12.3 Å². The van der Waals surface area contributed by atoms with Gasteiger partial charge in [-0.05, 0) is 18.9 Å². The fourth-order valence-electron chi connectivity index (χ4n) is 0.998. The summed E-state index contributed by atoms with van der Waals surface area (Å²) < 4.78 is 10.5. The molecule has 2 heteroatoms. The minimum Gasteiger partial charge on any atom is -0.473 e. The topological polar surface area (TPSA) is 18.5 Å². The molecule has 2 nitrogen and oxygen atoms in total. The number of hydrogen-bond acceptors (Lipinski definition) is 2. The molecule has 0 spiro atoms. The Bertz CT molecular complexity index is 120. The number of hydrogen-bond donors (Lipinski definition) is 0. The van der Waals surface area contributed by atoms with Crippen LogP contribution in [0, 0.1) is 5.92 Å². The van der Waals surface area contributed by atoms with Crippen LogP contribution in [0.3, 0.4) is 0 Å². The van der Waals surface area contributed by atoms with Crippen molar-refractivity contribution in [1.82, 2.24) is 0 Å². The van der Waals surface area contributed by atoms with Crippen molar-refractivity contribution >= 4 is 0 Å². The molecule has 10 heavy (non-hydrogen) atoms. The monoisotopic (exact) mass is 142 g/mol. The minimum atomic E-state index is -0.00926. The van der Waals surface area contributed by atoms with Crippen molar-refractivity contribution in [2.24, 2.45) is 5.92 Å². The van der Waals surface area contributed by atoms with Crippen molar-refractivity contribution in [1.29, 1.82) is 0 Å². The van der Waals surface area contributed by atoms with Crippen molar-refractivity contribution in [3.8, 4) is 0 Å². The van der Waals surface area contributed by atoms with E-state index in [2.05, 4.69) is 13.0 Å². The van der Waals surface area contributed by atoms with Crippen LogP contribution in [0.5, 0.6) is 0 Å². The summed E-state index contributed by atoms with van der Waals surface area (Å²) >= 11 is 0. The van der Waals surface area contributed by atoms with Crippen LogP contribution >= 0.6 is 0 Å². The SMILES string of the molecule is CCO[C@@H]1C[C@@H](C)C=CO1. The Balaban J connectivity index is 2.29. The highest BCUT2D eigenvalue weighted by Gasteiger charge is 2.14. The Morgan fingerprint density at radius 2 is 2.50 bits per heavy atom. The molecule has 1 aliphatic heterocycles. The van der Waals surface area contributed by atoms with Crippen LogP contribution in [0.25, 0.3) is 0 Å². The van der Waals surface area contributed by atoms with Gasteiger partial charge in [-0.1, -0.05) is 6.92 Å². The van der Waals surface area contributed by atoms with E-state index in [1.165, 1.54) is 0 Å². The predicted octanol–water partition coefficient (Wildman–Crippen LogP) is 1.92.